The summed E-state index contributed by atoms with van der Waals surface area (Å²) < 4.78 is 5.57. The van der Waals surface area contributed by atoms with Gasteiger partial charge in [-0.2, -0.15) is 0 Å². The van der Waals surface area contributed by atoms with Crippen LogP contribution in [0.1, 0.15) is 60.3 Å². The van der Waals surface area contributed by atoms with Crippen LogP contribution in [0, 0.1) is 23.2 Å². The fourth-order valence-electron chi connectivity index (χ4n) is 5.98. The molecule has 1 heterocycles. The number of hydrogen-bond donors (Lipinski definition) is 1. The molecule has 2 aliphatic carbocycles. The molecule has 0 aromatic rings. The van der Waals surface area contributed by atoms with E-state index in [1.54, 1.807) is 4.90 Å². The number of carbonyl (C=O) groups excluding carboxylic acids is 1. The quantitative estimate of drug-likeness (QED) is 0.802. The van der Waals surface area contributed by atoms with E-state index in [0.29, 0.717) is 11.8 Å². The molecule has 6 atom stereocenters. The van der Waals surface area contributed by atoms with E-state index in [4.69, 9.17) is 4.74 Å². The van der Waals surface area contributed by atoms with Crippen molar-refractivity contribution in [1.82, 2.24) is 4.90 Å². The molecule has 5 heteroatoms. The van der Waals surface area contributed by atoms with E-state index in [1.807, 2.05) is 20.8 Å². The predicted octanol–water partition coefficient (Wildman–Crippen LogP) is 3.52. The second kappa shape index (κ2) is 5.12. The van der Waals surface area contributed by atoms with Crippen LogP contribution in [0.2, 0.25) is 0 Å². The van der Waals surface area contributed by atoms with Crippen molar-refractivity contribution >= 4 is 12.1 Å². The molecule has 0 bridgehead atoms. The normalized spacial score (nSPS) is 42.5. The molecule has 3 rings (SSSR count). The molecule has 1 N–H and O–H groups in total. The van der Waals surface area contributed by atoms with Crippen LogP contribution in [0.25, 0.3) is 0 Å². The van der Waals surface area contributed by atoms with Gasteiger partial charge in [-0.25, -0.2) is 9.59 Å². The van der Waals surface area contributed by atoms with Gasteiger partial charge in [-0.1, -0.05) is 20.3 Å². The van der Waals surface area contributed by atoms with Gasteiger partial charge in [0.15, 0.2) is 0 Å². The number of ether oxygens (including phenoxy) is 1. The Morgan fingerprint density at radius 3 is 2.48 bits per heavy atom. The minimum atomic E-state index is -0.879. The van der Waals surface area contributed by atoms with Gasteiger partial charge in [0.05, 0.1) is 0 Å². The summed E-state index contributed by atoms with van der Waals surface area (Å²) in [7, 11) is 0. The van der Waals surface area contributed by atoms with Gasteiger partial charge in [-0.05, 0) is 57.3 Å². The lowest BCUT2D eigenvalue weighted by molar-refractivity contribution is -0.144. The second-order valence-corrected chi connectivity index (χ2v) is 8.83. The van der Waals surface area contributed by atoms with E-state index < -0.39 is 23.7 Å². The Labute approximate surface area is 138 Å². The highest BCUT2D eigenvalue weighted by molar-refractivity contribution is 5.82. The maximum atomic E-state index is 12.8. The number of rotatable bonds is 1. The third-order valence-corrected chi connectivity index (χ3v) is 6.42. The minimum absolute atomic E-state index is 0.0170. The van der Waals surface area contributed by atoms with Crippen molar-refractivity contribution in [3.63, 3.8) is 0 Å². The van der Waals surface area contributed by atoms with E-state index in [1.165, 1.54) is 0 Å². The van der Waals surface area contributed by atoms with Crippen molar-refractivity contribution in [2.24, 2.45) is 23.2 Å². The topological polar surface area (TPSA) is 66.8 Å². The fraction of sp³-hybridized carbons (Fsp3) is 0.889. The molecule has 23 heavy (non-hydrogen) atoms. The van der Waals surface area contributed by atoms with E-state index >= 15 is 0 Å². The SMILES string of the molecule is CC1CC(C)C23CCCC2N(C(=O)OC(C)(C)C)[C@H](C(=O)O)C13. The molecule has 1 amide bonds. The number of carbonyl (C=O) groups is 2. The van der Waals surface area contributed by atoms with E-state index in [9.17, 15) is 14.7 Å². The third kappa shape index (κ3) is 2.26. The molecule has 0 aromatic carbocycles. The van der Waals surface area contributed by atoms with Crippen molar-refractivity contribution < 1.29 is 19.4 Å². The van der Waals surface area contributed by atoms with Crippen LogP contribution in [0.15, 0.2) is 0 Å². The number of hydrogen-bond acceptors (Lipinski definition) is 3. The minimum Gasteiger partial charge on any atom is -0.480 e. The lowest BCUT2D eigenvalue weighted by Gasteiger charge is -2.36. The van der Waals surface area contributed by atoms with Gasteiger partial charge in [0.1, 0.15) is 11.6 Å². The molecule has 2 saturated carbocycles. The summed E-state index contributed by atoms with van der Waals surface area (Å²) in [5, 5.41) is 9.88. The van der Waals surface area contributed by atoms with Gasteiger partial charge in [0, 0.05) is 12.0 Å². The van der Waals surface area contributed by atoms with Crippen LogP contribution in [-0.2, 0) is 9.53 Å². The lowest BCUT2D eigenvalue weighted by atomic mass is 9.69. The number of likely N-dealkylation sites (tertiary alicyclic amines) is 1. The second-order valence-electron chi connectivity index (χ2n) is 8.83. The van der Waals surface area contributed by atoms with Crippen molar-refractivity contribution in [2.75, 3.05) is 0 Å². The Morgan fingerprint density at radius 2 is 1.91 bits per heavy atom. The van der Waals surface area contributed by atoms with Crippen LogP contribution in [0.4, 0.5) is 4.79 Å². The number of carboxylic acid groups (broad SMARTS) is 1. The third-order valence-electron chi connectivity index (χ3n) is 6.42. The molecular weight excluding hydrogens is 294 g/mol. The molecule has 1 spiro atoms. The molecule has 5 nitrogen and oxygen atoms in total. The van der Waals surface area contributed by atoms with Gasteiger partial charge in [0.2, 0.25) is 0 Å². The Hall–Kier alpha value is -1.26. The molecule has 0 aromatic heterocycles. The van der Waals surface area contributed by atoms with Gasteiger partial charge in [0.25, 0.3) is 0 Å². The van der Waals surface area contributed by atoms with Gasteiger partial charge in [-0.3, -0.25) is 4.90 Å². The van der Waals surface area contributed by atoms with Crippen LogP contribution >= 0.6 is 0 Å². The zero-order valence-corrected chi connectivity index (χ0v) is 14.8. The summed E-state index contributed by atoms with van der Waals surface area (Å²) in [5.41, 5.74) is -0.639. The molecular formula is C18H29NO4. The fourth-order valence-corrected chi connectivity index (χ4v) is 5.98. The standard InChI is InChI=1S/C18H29NO4/c1-10-9-11(2)18-8-6-7-12(18)19(14(13(10)18)15(20)21)16(22)23-17(3,4)5/h10-14H,6-9H2,1-5H3,(H,20,21)/t10?,11?,12?,13?,14-,18?/m0/s1. The Morgan fingerprint density at radius 1 is 1.26 bits per heavy atom. The largest absolute Gasteiger partial charge is 0.480 e. The smallest absolute Gasteiger partial charge is 0.411 e. The summed E-state index contributed by atoms with van der Waals surface area (Å²) in [4.78, 5) is 26.4. The summed E-state index contributed by atoms with van der Waals surface area (Å²) in [6.07, 6.45) is 3.62. The van der Waals surface area contributed by atoms with Crippen molar-refractivity contribution in [3.8, 4) is 0 Å². The number of aliphatic carboxylic acids is 1. The first-order valence-corrected chi connectivity index (χ1v) is 8.83. The summed E-state index contributed by atoms with van der Waals surface area (Å²) >= 11 is 0. The lowest BCUT2D eigenvalue weighted by Crippen LogP contribution is -2.49. The highest BCUT2D eigenvalue weighted by Crippen LogP contribution is 2.66. The Balaban J connectivity index is 2.02. The monoisotopic (exact) mass is 323 g/mol. The van der Waals surface area contributed by atoms with Crippen molar-refractivity contribution in [3.05, 3.63) is 0 Å². The molecule has 0 radical (unpaired) electrons. The Kier molecular flexibility index (Phi) is 3.69. The first kappa shape index (κ1) is 16.6. The van der Waals surface area contributed by atoms with Gasteiger partial charge < -0.3 is 9.84 Å². The predicted molar refractivity (Wildman–Crippen MR) is 86.0 cm³/mol. The molecule has 130 valence electrons. The zero-order chi connectivity index (χ0) is 17.2. The zero-order valence-electron chi connectivity index (χ0n) is 14.8. The highest BCUT2D eigenvalue weighted by atomic mass is 16.6. The molecule has 1 aliphatic heterocycles. The van der Waals surface area contributed by atoms with E-state index in [0.717, 1.165) is 25.7 Å². The average Bonchev–Trinajstić information content (AvgIpc) is 2.96. The summed E-state index contributed by atoms with van der Waals surface area (Å²) in [6.45, 7) is 9.87. The van der Waals surface area contributed by atoms with Crippen molar-refractivity contribution in [2.45, 2.75) is 78.0 Å². The average molecular weight is 323 g/mol. The number of carboxylic acids is 1. The first-order valence-electron chi connectivity index (χ1n) is 8.83. The maximum Gasteiger partial charge on any atom is 0.411 e. The molecule has 3 aliphatic rings. The van der Waals surface area contributed by atoms with Gasteiger partial charge >= 0.3 is 12.1 Å². The molecule has 5 unspecified atom stereocenters. The van der Waals surface area contributed by atoms with Crippen LogP contribution in [0.3, 0.4) is 0 Å². The summed E-state index contributed by atoms with van der Waals surface area (Å²) in [5.74, 6) is -0.0333. The van der Waals surface area contributed by atoms with Crippen LogP contribution < -0.4 is 0 Å². The van der Waals surface area contributed by atoms with Gasteiger partial charge in [-0.15, -0.1) is 0 Å². The highest BCUT2D eigenvalue weighted by Gasteiger charge is 2.70. The Bertz CT molecular complexity index is 526. The van der Waals surface area contributed by atoms with Crippen molar-refractivity contribution in [1.29, 1.82) is 0 Å². The molecule has 3 fully saturated rings. The number of amides is 1. The van der Waals surface area contributed by atoms with E-state index in [2.05, 4.69) is 13.8 Å². The van der Waals surface area contributed by atoms with Crippen LogP contribution in [0.5, 0.6) is 0 Å². The number of nitrogens with zero attached hydrogens (tertiary/aromatic N) is 1. The maximum absolute atomic E-state index is 12.8. The van der Waals surface area contributed by atoms with E-state index in [-0.39, 0.29) is 17.4 Å². The first-order chi connectivity index (χ1) is 10.6. The summed E-state index contributed by atoms with van der Waals surface area (Å²) in [6, 6.07) is -0.724. The molecule has 1 saturated heterocycles. The van der Waals surface area contributed by atoms with Crippen LogP contribution in [-0.4, -0.2) is 39.8 Å².